The van der Waals surface area contributed by atoms with Crippen LogP contribution in [-0.4, -0.2) is 36.1 Å². The van der Waals surface area contributed by atoms with Gasteiger partial charge in [0.15, 0.2) is 0 Å². The molecule has 14 heavy (non-hydrogen) atoms. The second kappa shape index (κ2) is 3.61. The molecule has 0 radical (unpaired) electrons. The van der Waals surface area contributed by atoms with Crippen molar-refractivity contribution < 1.29 is 0 Å². The molecule has 76 valence electrons. The van der Waals surface area contributed by atoms with Crippen LogP contribution in [0.3, 0.4) is 0 Å². The number of thiazole rings is 1. The number of hydrogen-bond acceptors (Lipinski definition) is 4. The molecular weight excluding hydrogens is 194 g/mol. The third-order valence-electron chi connectivity index (χ3n) is 3.33. The minimum absolute atomic E-state index is 0.905. The maximum absolute atomic E-state index is 4.12. The Hall–Kier alpha value is -0.450. The molecule has 0 aromatic carbocycles. The Labute approximate surface area is 88.1 Å². The van der Waals surface area contributed by atoms with Crippen molar-refractivity contribution in [2.75, 3.05) is 26.2 Å². The lowest BCUT2D eigenvalue weighted by Gasteiger charge is -2.15. The molecular formula is C10H15N3S. The van der Waals surface area contributed by atoms with Gasteiger partial charge in [0.25, 0.3) is 0 Å². The highest BCUT2D eigenvalue weighted by molar-refractivity contribution is 7.09. The number of likely N-dealkylation sites (tertiary alicyclic amines) is 1. The normalized spacial score (nSPS) is 32.3. The van der Waals surface area contributed by atoms with E-state index in [4.69, 9.17) is 0 Å². The molecule has 1 aromatic heterocycles. The predicted octanol–water partition coefficient (Wildman–Crippen LogP) is 0.794. The molecule has 2 atom stereocenters. The van der Waals surface area contributed by atoms with Crippen molar-refractivity contribution in [1.82, 2.24) is 15.2 Å². The lowest BCUT2D eigenvalue weighted by atomic mass is 10.0. The zero-order valence-electron chi connectivity index (χ0n) is 8.15. The van der Waals surface area contributed by atoms with Crippen LogP contribution in [0.15, 0.2) is 11.7 Å². The van der Waals surface area contributed by atoms with E-state index in [2.05, 4.69) is 15.2 Å². The lowest BCUT2D eigenvalue weighted by molar-refractivity contribution is 0.308. The number of hydrogen-bond donors (Lipinski definition) is 1. The van der Waals surface area contributed by atoms with Crippen molar-refractivity contribution in [3.05, 3.63) is 16.6 Å². The van der Waals surface area contributed by atoms with Gasteiger partial charge >= 0.3 is 0 Å². The van der Waals surface area contributed by atoms with E-state index in [1.54, 1.807) is 11.3 Å². The molecule has 0 spiro atoms. The van der Waals surface area contributed by atoms with E-state index in [1.165, 1.54) is 31.1 Å². The van der Waals surface area contributed by atoms with Crippen LogP contribution >= 0.6 is 11.3 Å². The fourth-order valence-electron chi connectivity index (χ4n) is 2.62. The third kappa shape index (κ3) is 1.58. The van der Waals surface area contributed by atoms with Crippen LogP contribution in [0.1, 0.15) is 4.88 Å². The van der Waals surface area contributed by atoms with E-state index >= 15 is 0 Å². The van der Waals surface area contributed by atoms with Gasteiger partial charge in [-0.1, -0.05) is 0 Å². The van der Waals surface area contributed by atoms with Crippen molar-refractivity contribution in [2.24, 2.45) is 11.8 Å². The van der Waals surface area contributed by atoms with Gasteiger partial charge < -0.3 is 5.32 Å². The SMILES string of the molecule is c1ncc(CN2CC3CNCC3C2)s1. The molecule has 4 heteroatoms. The van der Waals surface area contributed by atoms with Gasteiger partial charge in [-0.25, -0.2) is 0 Å². The van der Waals surface area contributed by atoms with Gasteiger partial charge in [-0.3, -0.25) is 9.88 Å². The predicted molar refractivity (Wildman–Crippen MR) is 57.2 cm³/mol. The van der Waals surface area contributed by atoms with Crippen molar-refractivity contribution >= 4 is 11.3 Å². The van der Waals surface area contributed by atoms with Crippen LogP contribution < -0.4 is 5.32 Å². The lowest BCUT2D eigenvalue weighted by Crippen LogP contribution is -2.25. The number of rotatable bonds is 2. The van der Waals surface area contributed by atoms with E-state index in [0.29, 0.717) is 0 Å². The molecule has 3 nitrogen and oxygen atoms in total. The van der Waals surface area contributed by atoms with Gasteiger partial charge in [-0.05, 0) is 24.9 Å². The van der Waals surface area contributed by atoms with Crippen LogP contribution in [-0.2, 0) is 6.54 Å². The molecule has 1 aromatic rings. The first kappa shape index (κ1) is 8.83. The highest BCUT2D eigenvalue weighted by atomic mass is 32.1. The van der Waals surface area contributed by atoms with Gasteiger partial charge in [0.1, 0.15) is 0 Å². The topological polar surface area (TPSA) is 28.2 Å². The van der Waals surface area contributed by atoms with Crippen LogP contribution in [0, 0.1) is 11.8 Å². The van der Waals surface area contributed by atoms with E-state index in [1.807, 2.05) is 11.7 Å². The van der Waals surface area contributed by atoms with Crippen molar-refractivity contribution in [2.45, 2.75) is 6.54 Å². The molecule has 0 saturated carbocycles. The summed E-state index contributed by atoms with van der Waals surface area (Å²) in [5, 5.41) is 3.47. The maximum Gasteiger partial charge on any atom is 0.0794 e. The second-order valence-electron chi connectivity index (χ2n) is 4.34. The fraction of sp³-hybridized carbons (Fsp3) is 0.700. The summed E-state index contributed by atoms with van der Waals surface area (Å²) in [6.07, 6.45) is 2.00. The molecule has 2 fully saturated rings. The molecule has 1 N–H and O–H groups in total. The summed E-state index contributed by atoms with van der Waals surface area (Å²) in [5.41, 5.74) is 1.92. The quantitative estimate of drug-likeness (QED) is 0.780. The highest BCUT2D eigenvalue weighted by Crippen LogP contribution is 2.27. The number of aromatic nitrogens is 1. The Balaban J connectivity index is 1.61. The number of fused-ring (bicyclic) bond motifs is 1. The van der Waals surface area contributed by atoms with Gasteiger partial charge in [0, 0.05) is 30.7 Å². The van der Waals surface area contributed by atoms with Gasteiger partial charge in [0.2, 0.25) is 0 Å². The van der Waals surface area contributed by atoms with Gasteiger partial charge in [0.05, 0.1) is 5.51 Å². The summed E-state index contributed by atoms with van der Waals surface area (Å²) in [6, 6.07) is 0. The molecule has 3 heterocycles. The average Bonchev–Trinajstić information content (AvgIpc) is 2.78. The summed E-state index contributed by atoms with van der Waals surface area (Å²) in [5.74, 6) is 1.81. The first-order chi connectivity index (χ1) is 6.92. The summed E-state index contributed by atoms with van der Waals surface area (Å²) in [7, 11) is 0. The summed E-state index contributed by atoms with van der Waals surface area (Å²) < 4.78 is 0. The molecule has 0 amide bonds. The molecule has 3 rings (SSSR count). The van der Waals surface area contributed by atoms with E-state index in [9.17, 15) is 0 Å². The zero-order valence-corrected chi connectivity index (χ0v) is 8.96. The van der Waals surface area contributed by atoms with Crippen LogP contribution in [0.25, 0.3) is 0 Å². The minimum atomic E-state index is 0.905. The zero-order chi connectivity index (χ0) is 9.38. The highest BCUT2D eigenvalue weighted by Gasteiger charge is 2.35. The van der Waals surface area contributed by atoms with Gasteiger partial charge in [-0.15, -0.1) is 11.3 Å². The van der Waals surface area contributed by atoms with E-state index in [-0.39, 0.29) is 0 Å². The maximum atomic E-state index is 4.12. The summed E-state index contributed by atoms with van der Waals surface area (Å²) in [4.78, 5) is 8.09. The second-order valence-corrected chi connectivity index (χ2v) is 5.31. The van der Waals surface area contributed by atoms with Crippen LogP contribution in [0.2, 0.25) is 0 Å². The van der Waals surface area contributed by atoms with Crippen LogP contribution in [0.4, 0.5) is 0 Å². The fourth-order valence-corrected chi connectivity index (χ4v) is 3.26. The van der Waals surface area contributed by atoms with Crippen molar-refractivity contribution in [3.8, 4) is 0 Å². The molecule has 0 aliphatic carbocycles. The molecule has 2 saturated heterocycles. The number of nitrogens with one attached hydrogen (secondary N) is 1. The Kier molecular flexibility index (Phi) is 2.27. The van der Waals surface area contributed by atoms with E-state index < -0.39 is 0 Å². The Morgan fingerprint density at radius 1 is 1.43 bits per heavy atom. The monoisotopic (exact) mass is 209 g/mol. The largest absolute Gasteiger partial charge is 0.316 e. The Morgan fingerprint density at radius 2 is 2.21 bits per heavy atom. The van der Waals surface area contributed by atoms with Gasteiger partial charge in [-0.2, -0.15) is 0 Å². The Morgan fingerprint density at radius 3 is 2.86 bits per heavy atom. The van der Waals surface area contributed by atoms with E-state index in [0.717, 1.165) is 18.4 Å². The Bertz CT molecular complexity index is 286. The van der Waals surface area contributed by atoms with Crippen LogP contribution in [0.5, 0.6) is 0 Å². The molecule has 2 aliphatic rings. The van der Waals surface area contributed by atoms with Crippen molar-refractivity contribution in [3.63, 3.8) is 0 Å². The average molecular weight is 209 g/mol. The summed E-state index contributed by atoms with van der Waals surface area (Å²) in [6.45, 7) is 6.11. The first-order valence-electron chi connectivity index (χ1n) is 5.22. The standard InChI is InChI=1S/C10H15N3S/c1-8-4-13(5-9(8)2-11-1)6-10-3-12-7-14-10/h3,7-9,11H,1-2,4-6H2. The molecule has 0 bridgehead atoms. The first-order valence-corrected chi connectivity index (χ1v) is 6.10. The third-order valence-corrected chi connectivity index (χ3v) is 4.09. The number of nitrogens with zero attached hydrogens (tertiary/aromatic N) is 2. The van der Waals surface area contributed by atoms with Crippen molar-refractivity contribution in [1.29, 1.82) is 0 Å². The summed E-state index contributed by atoms with van der Waals surface area (Å²) >= 11 is 1.77. The molecule has 2 unspecified atom stereocenters. The smallest absolute Gasteiger partial charge is 0.0794 e. The minimum Gasteiger partial charge on any atom is -0.316 e. The molecule has 2 aliphatic heterocycles.